The molecule has 1 aromatic heterocycles. The minimum absolute atomic E-state index is 0.145. The van der Waals surface area contributed by atoms with E-state index in [4.69, 9.17) is 5.73 Å². The van der Waals surface area contributed by atoms with Crippen LogP contribution in [0, 0.1) is 11.6 Å². The lowest BCUT2D eigenvalue weighted by Gasteiger charge is -2.15. The fourth-order valence-corrected chi connectivity index (χ4v) is 3.64. The van der Waals surface area contributed by atoms with Gasteiger partial charge in [0, 0.05) is 29.6 Å². The van der Waals surface area contributed by atoms with Gasteiger partial charge in [-0.1, -0.05) is 13.0 Å². The molecule has 0 radical (unpaired) electrons. The van der Waals surface area contributed by atoms with Crippen molar-refractivity contribution in [2.45, 2.75) is 38.3 Å². The van der Waals surface area contributed by atoms with Gasteiger partial charge in [-0.25, -0.2) is 13.8 Å². The van der Waals surface area contributed by atoms with Crippen LogP contribution in [0.4, 0.5) is 20.3 Å². The van der Waals surface area contributed by atoms with Gasteiger partial charge in [0.1, 0.15) is 17.5 Å². The molecule has 176 valence electrons. The van der Waals surface area contributed by atoms with Crippen LogP contribution >= 0.6 is 0 Å². The van der Waals surface area contributed by atoms with Gasteiger partial charge in [-0.3, -0.25) is 9.59 Å². The number of hydrogen-bond donors (Lipinski definition) is 4. The van der Waals surface area contributed by atoms with E-state index in [1.165, 1.54) is 0 Å². The summed E-state index contributed by atoms with van der Waals surface area (Å²) in [7, 11) is 0. The summed E-state index contributed by atoms with van der Waals surface area (Å²) in [5.41, 5.74) is 8.78. The molecule has 2 amide bonds. The zero-order valence-electron chi connectivity index (χ0n) is 18.4. The van der Waals surface area contributed by atoms with Crippen LogP contribution in [0.5, 0.6) is 0 Å². The normalized spacial score (nSPS) is 13.9. The number of nitrogen functional groups attached to an aromatic ring is 1. The van der Waals surface area contributed by atoms with Crippen LogP contribution in [0.25, 0.3) is 11.1 Å². The van der Waals surface area contributed by atoms with Crippen LogP contribution in [0.15, 0.2) is 48.7 Å². The molecule has 1 aliphatic carbocycles. The van der Waals surface area contributed by atoms with E-state index in [9.17, 15) is 23.5 Å². The summed E-state index contributed by atoms with van der Waals surface area (Å²) < 4.78 is 26.9. The number of hydrogen-bond acceptors (Lipinski definition) is 5. The van der Waals surface area contributed by atoms with E-state index >= 15 is 0 Å². The Morgan fingerprint density at radius 2 is 1.85 bits per heavy atom. The van der Waals surface area contributed by atoms with Gasteiger partial charge in [-0.15, -0.1) is 0 Å². The molecule has 0 spiro atoms. The molecule has 3 aromatic rings. The average molecular weight is 466 g/mol. The molecule has 1 fully saturated rings. The summed E-state index contributed by atoms with van der Waals surface area (Å²) in [5, 5.41) is 15.7. The third-order valence-electron chi connectivity index (χ3n) is 5.59. The molecule has 0 bridgehead atoms. The number of nitrogens with two attached hydrogens (primary N) is 1. The van der Waals surface area contributed by atoms with Gasteiger partial charge in [-0.2, -0.15) is 0 Å². The van der Waals surface area contributed by atoms with Gasteiger partial charge in [0.15, 0.2) is 6.10 Å². The third kappa shape index (κ3) is 5.20. The number of benzene rings is 2. The van der Waals surface area contributed by atoms with Crippen molar-refractivity contribution in [1.82, 2.24) is 10.3 Å². The number of nitrogens with one attached hydrogen (secondary N) is 2. The lowest BCUT2D eigenvalue weighted by atomic mass is 9.97. The van der Waals surface area contributed by atoms with Crippen molar-refractivity contribution < 1.29 is 23.5 Å². The molecule has 1 atom stereocenters. The quantitative estimate of drug-likeness (QED) is 0.423. The molecule has 34 heavy (non-hydrogen) atoms. The molecule has 5 N–H and O–H groups in total. The van der Waals surface area contributed by atoms with Gasteiger partial charge in [0.25, 0.3) is 11.8 Å². The summed E-state index contributed by atoms with van der Waals surface area (Å²) in [6.45, 7) is 1.93. The zero-order valence-corrected chi connectivity index (χ0v) is 18.4. The summed E-state index contributed by atoms with van der Waals surface area (Å²) in [4.78, 5) is 29.1. The van der Waals surface area contributed by atoms with Crippen molar-refractivity contribution in [3.8, 4) is 11.1 Å². The van der Waals surface area contributed by atoms with Crippen molar-refractivity contribution >= 4 is 23.3 Å². The summed E-state index contributed by atoms with van der Waals surface area (Å²) in [6.07, 6.45) is 2.34. The minimum Gasteiger partial charge on any atom is -0.383 e. The van der Waals surface area contributed by atoms with Crippen LogP contribution in [0.1, 0.15) is 47.4 Å². The number of carbonyl (C=O) groups is 2. The summed E-state index contributed by atoms with van der Waals surface area (Å²) >= 11 is 0. The number of aliphatic hydroxyl groups excluding tert-OH is 1. The van der Waals surface area contributed by atoms with Crippen molar-refractivity contribution in [2.24, 2.45) is 0 Å². The second-order valence-electron chi connectivity index (χ2n) is 8.22. The Morgan fingerprint density at radius 3 is 2.50 bits per heavy atom. The molecular formula is C25H24F2N4O3. The topological polar surface area (TPSA) is 117 Å². The van der Waals surface area contributed by atoms with E-state index in [0.717, 1.165) is 36.1 Å². The Kier molecular flexibility index (Phi) is 6.56. The van der Waals surface area contributed by atoms with Gasteiger partial charge in [0.05, 0.1) is 5.56 Å². The summed E-state index contributed by atoms with van der Waals surface area (Å²) in [6, 6.07) is 9.46. The Hall–Kier alpha value is -3.85. The number of pyridine rings is 1. The number of amides is 2. The Balaban J connectivity index is 1.56. The maximum Gasteiger partial charge on any atom is 0.257 e. The highest BCUT2D eigenvalue weighted by Gasteiger charge is 2.25. The number of aryl methyl sites for hydroxylation is 1. The molecule has 0 saturated heterocycles. The maximum atomic E-state index is 13.4. The number of rotatable bonds is 7. The maximum absolute atomic E-state index is 13.4. The second-order valence-corrected chi connectivity index (χ2v) is 8.22. The van der Waals surface area contributed by atoms with Gasteiger partial charge in [-0.05, 0) is 66.3 Å². The number of nitrogens with zero attached hydrogens (tertiary/aromatic N) is 1. The fourth-order valence-electron chi connectivity index (χ4n) is 3.64. The van der Waals surface area contributed by atoms with E-state index < -0.39 is 23.6 Å². The van der Waals surface area contributed by atoms with Crippen LogP contribution in [0.3, 0.4) is 0 Å². The van der Waals surface area contributed by atoms with E-state index in [1.807, 2.05) is 6.92 Å². The number of anilines is 2. The van der Waals surface area contributed by atoms with Crippen molar-refractivity contribution in [2.75, 3.05) is 11.1 Å². The Labute approximate surface area is 195 Å². The standard InChI is InChI=1S/C25H24F2N4O3/c1-2-13-9-19(31-25(34)22(32)14-7-16(26)11-17(27)8-14)5-6-20(13)15-10-21(23(28)29-12-15)24(33)30-18-3-4-18/h5-12,18,22,32H,2-4H2,1H3,(H2,28,29)(H,30,33)(H,31,34)/t22-/m0/s1. The third-order valence-corrected chi connectivity index (χ3v) is 5.59. The molecule has 7 nitrogen and oxygen atoms in total. The first kappa shape index (κ1) is 23.3. The highest BCUT2D eigenvalue weighted by molar-refractivity contribution is 6.00. The molecule has 0 unspecified atom stereocenters. The highest BCUT2D eigenvalue weighted by atomic mass is 19.1. The first-order chi connectivity index (χ1) is 16.2. The second kappa shape index (κ2) is 9.56. The van der Waals surface area contributed by atoms with Gasteiger partial charge in [0.2, 0.25) is 0 Å². The predicted octanol–water partition coefficient (Wildman–Crippen LogP) is 3.74. The van der Waals surface area contributed by atoms with E-state index in [1.54, 1.807) is 30.5 Å². The van der Waals surface area contributed by atoms with E-state index in [2.05, 4.69) is 15.6 Å². The zero-order chi connectivity index (χ0) is 24.4. The fraction of sp³-hybridized carbons (Fsp3) is 0.240. The molecule has 2 aromatic carbocycles. The number of halogens is 2. The molecule has 1 heterocycles. The predicted molar refractivity (Wildman–Crippen MR) is 124 cm³/mol. The molecule has 9 heteroatoms. The van der Waals surface area contributed by atoms with Gasteiger partial charge < -0.3 is 21.5 Å². The van der Waals surface area contributed by atoms with Gasteiger partial charge >= 0.3 is 0 Å². The lowest BCUT2D eigenvalue weighted by Crippen LogP contribution is -2.26. The molecule has 1 aliphatic rings. The minimum atomic E-state index is -1.75. The molecular weight excluding hydrogens is 442 g/mol. The first-order valence-corrected chi connectivity index (χ1v) is 10.9. The van der Waals surface area contributed by atoms with Crippen LogP contribution < -0.4 is 16.4 Å². The summed E-state index contributed by atoms with van der Waals surface area (Å²) in [5.74, 6) is -2.72. The number of aliphatic hydroxyl groups is 1. The molecule has 4 rings (SSSR count). The average Bonchev–Trinajstić information content (AvgIpc) is 3.62. The monoisotopic (exact) mass is 466 g/mol. The van der Waals surface area contributed by atoms with Crippen LogP contribution in [-0.4, -0.2) is 27.9 Å². The van der Waals surface area contributed by atoms with Crippen molar-refractivity contribution in [1.29, 1.82) is 0 Å². The van der Waals surface area contributed by atoms with Crippen LogP contribution in [0.2, 0.25) is 0 Å². The highest BCUT2D eigenvalue weighted by Crippen LogP contribution is 2.29. The van der Waals surface area contributed by atoms with Crippen molar-refractivity contribution in [3.63, 3.8) is 0 Å². The smallest absolute Gasteiger partial charge is 0.257 e. The van der Waals surface area contributed by atoms with Crippen LogP contribution in [-0.2, 0) is 11.2 Å². The number of aromatic nitrogens is 1. The number of carbonyl (C=O) groups excluding carboxylic acids is 2. The SMILES string of the molecule is CCc1cc(NC(=O)[C@@H](O)c2cc(F)cc(F)c2)ccc1-c1cnc(N)c(C(=O)NC2CC2)c1. The Morgan fingerprint density at radius 1 is 1.15 bits per heavy atom. The van der Waals surface area contributed by atoms with Crippen molar-refractivity contribution in [3.05, 3.63) is 77.0 Å². The van der Waals surface area contributed by atoms with E-state index in [0.29, 0.717) is 29.3 Å². The first-order valence-electron chi connectivity index (χ1n) is 10.9. The Bertz CT molecular complexity index is 1240. The lowest BCUT2D eigenvalue weighted by molar-refractivity contribution is -0.124. The van der Waals surface area contributed by atoms with E-state index in [-0.39, 0.29) is 23.3 Å². The largest absolute Gasteiger partial charge is 0.383 e. The molecule has 0 aliphatic heterocycles. The molecule has 1 saturated carbocycles.